The third-order valence-electron chi connectivity index (χ3n) is 2.32. The molecule has 0 bridgehead atoms. The number of hydrogen-bond donors (Lipinski definition) is 0. The summed E-state index contributed by atoms with van der Waals surface area (Å²) in [7, 11) is 0. The SMILES string of the molecule is CC.CC.CCN1CC(C)CC1C. The molecule has 0 N–H and O–H groups in total. The molecule has 0 spiro atoms. The normalized spacial score (nSPS) is 27.0. The van der Waals surface area contributed by atoms with Crippen LogP contribution in [0.5, 0.6) is 0 Å². The van der Waals surface area contributed by atoms with Crippen molar-refractivity contribution in [2.45, 2.75) is 60.9 Å². The van der Waals surface area contributed by atoms with E-state index in [2.05, 4.69) is 25.7 Å². The Morgan fingerprint density at radius 3 is 1.69 bits per heavy atom. The molecule has 82 valence electrons. The van der Waals surface area contributed by atoms with Gasteiger partial charge in [-0.2, -0.15) is 0 Å². The highest BCUT2D eigenvalue weighted by Gasteiger charge is 2.23. The van der Waals surface area contributed by atoms with Crippen molar-refractivity contribution in [2.75, 3.05) is 13.1 Å². The van der Waals surface area contributed by atoms with Gasteiger partial charge in [-0.1, -0.05) is 41.5 Å². The summed E-state index contributed by atoms with van der Waals surface area (Å²) < 4.78 is 0. The minimum atomic E-state index is 0.838. The summed E-state index contributed by atoms with van der Waals surface area (Å²) in [4.78, 5) is 2.55. The van der Waals surface area contributed by atoms with Crippen molar-refractivity contribution >= 4 is 0 Å². The van der Waals surface area contributed by atoms with Crippen LogP contribution < -0.4 is 0 Å². The number of hydrogen-bond acceptors (Lipinski definition) is 1. The van der Waals surface area contributed by atoms with E-state index in [1.807, 2.05) is 27.7 Å². The molecule has 1 nitrogen and oxygen atoms in total. The zero-order valence-electron chi connectivity index (χ0n) is 10.7. The molecule has 1 aliphatic heterocycles. The summed E-state index contributed by atoms with van der Waals surface area (Å²) in [5.41, 5.74) is 0. The van der Waals surface area contributed by atoms with Crippen molar-refractivity contribution in [1.29, 1.82) is 0 Å². The van der Waals surface area contributed by atoms with E-state index >= 15 is 0 Å². The molecule has 1 heterocycles. The monoisotopic (exact) mass is 187 g/mol. The van der Waals surface area contributed by atoms with Gasteiger partial charge in [-0.05, 0) is 25.8 Å². The number of rotatable bonds is 1. The summed E-state index contributed by atoms with van der Waals surface area (Å²) in [5.74, 6) is 0.931. The molecule has 0 saturated carbocycles. The zero-order valence-corrected chi connectivity index (χ0v) is 10.7. The Morgan fingerprint density at radius 2 is 1.54 bits per heavy atom. The predicted octanol–water partition coefficient (Wildman–Crippen LogP) is 3.79. The predicted molar refractivity (Wildman–Crippen MR) is 63.2 cm³/mol. The summed E-state index contributed by atoms with van der Waals surface area (Å²) in [6.07, 6.45) is 1.40. The van der Waals surface area contributed by atoms with Gasteiger partial charge in [0, 0.05) is 12.6 Å². The van der Waals surface area contributed by atoms with Crippen LogP contribution in [0.3, 0.4) is 0 Å². The van der Waals surface area contributed by atoms with Crippen molar-refractivity contribution in [1.82, 2.24) is 4.90 Å². The van der Waals surface area contributed by atoms with Crippen LogP contribution in [0.1, 0.15) is 54.9 Å². The second kappa shape index (κ2) is 10.0. The van der Waals surface area contributed by atoms with Gasteiger partial charge in [0.05, 0.1) is 0 Å². The van der Waals surface area contributed by atoms with Gasteiger partial charge in [-0.15, -0.1) is 0 Å². The van der Waals surface area contributed by atoms with Gasteiger partial charge in [0.25, 0.3) is 0 Å². The second-order valence-corrected chi connectivity index (χ2v) is 3.28. The van der Waals surface area contributed by atoms with E-state index in [-0.39, 0.29) is 0 Å². The van der Waals surface area contributed by atoms with Crippen molar-refractivity contribution in [3.8, 4) is 0 Å². The maximum Gasteiger partial charge on any atom is 0.00699 e. The maximum atomic E-state index is 2.55. The maximum absolute atomic E-state index is 2.55. The zero-order chi connectivity index (χ0) is 10.9. The highest BCUT2D eigenvalue weighted by atomic mass is 15.2. The Bertz CT molecular complexity index is 91.1. The first-order valence-electron chi connectivity index (χ1n) is 5.98. The van der Waals surface area contributed by atoms with Crippen molar-refractivity contribution in [3.05, 3.63) is 0 Å². The van der Waals surface area contributed by atoms with Crippen LogP contribution in [-0.2, 0) is 0 Å². The summed E-state index contributed by atoms with van der Waals surface area (Å²) in [6, 6.07) is 0.838. The van der Waals surface area contributed by atoms with Gasteiger partial charge in [-0.3, -0.25) is 0 Å². The average molecular weight is 187 g/mol. The average Bonchev–Trinajstić information content (AvgIpc) is 2.51. The highest BCUT2D eigenvalue weighted by Crippen LogP contribution is 2.20. The molecule has 2 unspecified atom stereocenters. The van der Waals surface area contributed by atoms with Crippen LogP contribution in [-0.4, -0.2) is 24.0 Å². The minimum Gasteiger partial charge on any atom is -0.301 e. The molecular weight excluding hydrogens is 158 g/mol. The standard InChI is InChI=1S/C8H17N.2C2H6/c1-4-9-6-7(2)5-8(9)3;2*1-2/h7-8H,4-6H2,1-3H3;2*1-2H3. The van der Waals surface area contributed by atoms with E-state index in [9.17, 15) is 0 Å². The van der Waals surface area contributed by atoms with E-state index in [0.717, 1.165) is 12.0 Å². The van der Waals surface area contributed by atoms with Crippen LogP contribution in [0, 0.1) is 5.92 Å². The fourth-order valence-corrected chi connectivity index (χ4v) is 1.83. The lowest BCUT2D eigenvalue weighted by Gasteiger charge is -2.17. The van der Waals surface area contributed by atoms with Crippen LogP contribution in [0.2, 0.25) is 0 Å². The second-order valence-electron chi connectivity index (χ2n) is 3.28. The van der Waals surface area contributed by atoms with Crippen LogP contribution in [0.15, 0.2) is 0 Å². The molecule has 1 fully saturated rings. The topological polar surface area (TPSA) is 3.24 Å². The first kappa shape index (κ1) is 15.4. The van der Waals surface area contributed by atoms with Crippen molar-refractivity contribution < 1.29 is 0 Å². The van der Waals surface area contributed by atoms with E-state index in [1.165, 1.54) is 19.5 Å². The lowest BCUT2D eigenvalue weighted by molar-refractivity contribution is 0.280. The summed E-state index contributed by atoms with van der Waals surface area (Å²) >= 11 is 0. The number of nitrogens with zero attached hydrogens (tertiary/aromatic N) is 1. The van der Waals surface area contributed by atoms with Crippen LogP contribution >= 0.6 is 0 Å². The highest BCUT2D eigenvalue weighted by molar-refractivity contribution is 4.78. The fourth-order valence-electron chi connectivity index (χ4n) is 1.83. The molecule has 1 saturated heterocycles. The molecule has 0 aliphatic carbocycles. The Kier molecular flexibility index (Phi) is 11.9. The third kappa shape index (κ3) is 6.09. The lowest BCUT2D eigenvalue weighted by Crippen LogP contribution is -2.26. The molecular formula is C12H29N. The smallest absolute Gasteiger partial charge is 0.00699 e. The first-order valence-corrected chi connectivity index (χ1v) is 5.98. The molecule has 1 rings (SSSR count). The van der Waals surface area contributed by atoms with Gasteiger partial charge in [-0.25, -0.2) is 0 Å². The molecule has 13 heavy (non-hydrogen) atoms. The molecule has 1 aliphatic rings. The van der Waals surface area contributed by atoms with Crippen molar-refractivity contribution in [3.63, 3.8) is 0 Å². The van der Waals surface area contributed by atoms with E-state index in [4.69, 9.17) is 0 Å². The minimum absolute atomic E-state index is 0.838. The quantitative estimate of drug-likeness (QED) is 0.604. The van der Waals surface area contributed by atoms with Gasteiger partial charge in [0.15, 0.2) is 0 Å². The van der Waals surface area contributed by atoms with Crippen LogP contribution in [0.25, 0.3) is 0 Å². The van der Waals surface area contributed by atoms with Gasteiger partial charge in [0.2, 0.25) is 0 Å². The molecule has 0 radical (unpaired) electrons. The molecule has 0 aromatic heterocycles. The first-order chi connectivity index (χ1) is 6.24. The van der Waals surface area contributed by atoms with Gasteiger partial charge in [0.1, 0.15) is 0 Å². The van der Waals surface area contributed by atoms with E-state index in [0.29, 0.717) is 0 Å². The lowest BCUT2D eigenvalue weighted by atomic mass is 10.1. The summed E-state index contributed by atoms with van der Waals surface area (Å²) in [6.45, 7) is 17.5. The van der Waals surface area contributed by atoms with Gasteiger partial charge < -0.3 is 4.90 Å². The third-order valence-corrected chi connectivity index (χ3v) is 2.32. The van der Waals surface area contributed by atoms with E-state index < -0.39 is 0 Å². The Labute approximate surface area is 85.5 Å². The molecule has 1 heteroatoms. The number of likely N-dealkylation sites (tertiary alicyclic amines) is 1. The molecule has 0 amide bonds. The molecule has 2 atom stereocenters. The summed E-state index contributed by atoms with van der Waals surface area (Å²) in [5, 5.41) is 0. The molecule has 0 aromatic rings. The van der Waals surface area contributed by atoms with Crippen LogP contribution in [0.4, 0.5) is 0 Å². The Morgan fingerprint density at radius 1 is 1.08 bits per heavy atom. The fraction of sp³-hybridized carbons (Fsp3) is 1.00. The Hall–Kier alpha value is -0.0400. The molecule has 0 aromatic carbocycles. The van der Waals surface area contributed by atoms with E-state index in [1.54, 1.807) is 0 Å². The Balaban J connectivity index is 0. The van der Waals surface area contributed by atoms with Crippen molar-refractivity contribution in [2.24, 2.45) is 5.92 Å². The largest absolute Gasteiger partial charge is 0.301 e. The van der Waals surface area contributed by atoms with Gasteiger partial charge >= 0.3 is 0 Å².